The lowest BCUT2D eigenvalue weighted by atomic mass is 10.3. The molecule has 4 N–H and O–H groups in total. The van der Waals surface area contributed by atoms with Gasteiger partial charge >= 0.3 is 0 Å². The number of hydrogen-bond donors (Lipinski definition) is 3. The second kappa shape index (κ2) is 6.24. The molecule has 0 unspecified atom stereocenters. The molecule has 1 rings (SSSR count). The smallest absolute Gasteiger partial charge is 0.243 e. The van der Waals surface area contributed by atoms with Crippen LogP contribution < -0.4 is 16.4 Å². The summed E-state index contributed by atoms with van der Waals surface area (Å²) < 4.78 is 0.932. The van der Waals surface area contributed by atoms with Gasteiger partial charge in [0.25, 0.3) is 0 Å². The number of benzene rings is 1. The molecule has 0 heterocycles. The third-order valence-electron chi connectivity index (χ3n) is 1.76. The Morgan fingerprint density at radius 2 is 1.81 bits per heavy atom. The van der Waals surface area contributed by atoms with Crippen molar-refractivity contribution < 1.29 is 9.59 Å². The molecular formula is C10H12BrN3O2. The zero-order valence-electron chi connectivity index (χ0n) is 8.50. The van der Waals surface area contributed by atoms with Crippen LogP contribution in [0, 0.1) is 0 Å². The van der Waals surface area contributed by atoms with Crippen LogP contribution in [0.5, 0.6) is 0 Å². The average Bonchev–Trinajstić information content (AvgIpc) is 2.29. The van der Waals surface area contributed by atoms with Crippen LogP contribution in [0.4, 0.5) is 5.69 Å². The van der Waals surface area contributed by atoms with E-state index in [1.807, 2.05) is 12.1 Å². The van der Waals surface area contributed by atoms with Gasteiger partial charge in [-0.25, -0.2) is 0 Å². The zero-order chi connectivity index (χ0) is 12.0. The monoisotopic (exact) mass is 285 g/mol. The minimum absolute atomic E-state index is 0.0773. The van der Waals surface area contributed by atoms with Crippen LogP contribution in [0.3, 0.4) is 0 Å². The number of nitrogens with two attached hydrogens (primary N) is 1. The van der Waals surface area contributed by atoms with E-state index in [2.05, 4.69) is 26.6 Å². The van der Waals surface area contributed by atoms with Crippen molar-refractivity contribution in [3.05, 3.63) is 28.7 Å². The molecule has 0 saturated carbocycles. The topological polar surface area (TPSA) is 84.2 Å². The highest BCUT2D eigenvalue weighted by Crippen LogP contribution is 2.13. The third-order valence-corrected chi connectivity index (χ3v) is 2.29. The Hall–Kier alpha value is -1.40. The third kappa shape index (κ3) is 4.41. The fourth-order valence-electron chi connectivity index (χ4n) is 0.989. The number of carbonyl (C=O) groups is 2. The first-order valence-corrected chi connectivity index (χ1v) is 5.43. The molecule has 0 atom stereocenters. The number of hydrogen-bond acceptors (Lipinski definition) is 3. The van der Waals surface area contributed by atoms with Gasteiger partial charge in [-0.1, -0.05) is 15.9 Å². The summed E-state index contributed by atoms with van der Waals surface area (Å²) in [4.78, 5) is 22.1. The fourth-order valence-corrected chi connectivity index (χ4v) is 1.25. The fraction of sp³-hybridized carbons (Fsp3) is 0.200. The highest BCUT2D eigenvalue weighted by molar-refractivity contribution is 9.10. The number of anilines is 1. The normalized spacial score (nSPS) is 9.62. The van der Waals surface area contributed by atoms with E-state index in [4.69, 9.17) is 5.73 Å². The van der Waals surface area contributed by atoms with Gasteiger partial charge in [0, 0.05) is 10.2 Å². The second-order valence-corrected chi connectivity index (χ2v) is 3.95. The first-order chi connectivity index (χ1) is 7.61. The Labute approximate surface area is 102 Å². The minimum atomic E-state index is -0.356. The molecule has 0 aliphatic carbocycles. The number of carbonyl (C=O) groups excluding carboxylic acids is 2. The Bertz CT molecular complexity index is 378. The van der Waals surface area contributed by atoms with Gasteiger partial charge in [-0.3, -0.25) is 9.59 Å². The zero-order valence-corrected chi connectivity index (χ0v) is 10.1. The summed E-state index contributed by atoms with van der Waals surface area (Å²) in [6.07, 6.45) is 0. The van der Waals surface area contributed by atoms with Gasteiger partial charge in [-0.05, 0) is 24.3 Å². The van der Waals surface area contributed by atoms with Crippen molar-refractivity contribution >= 4 is 33.4 Å². The molecule has 0 radical (unpaired) electrons. The van der Waals surface area contributed by atoms with E-state index < -0.39 is 0 Å². The lowest BCUT2D eigenvalue weighted by molar-refractivity contribution is -0.123. The number of nitrogens with one attached hydrogen (secondary N) is 2. The largest absolute Gasteiger partial charge is 0.346 e. The summed E-state index contributed by atoms with van der Waals surface area (Å²) in [6.45, 7) is -0.197. The molecule has 1 aromatic carbocycles. The van der Waals surface area contributed by atoms with Crippen molar-refractivity contribution in [3.8, 4) is 0 Å². The van der Waals surface area contributed by atoms with Crippen LogP contribution in [-0.2, 0) is 9.59 Å². The minimum Gasteiger partial charge on any atom is -0.346 e. The highest BCUT2D eigenvalue weighted by atomic mass is 79.9. The molecule has 2 amide bonds. The van der Waals surface area contributed by atoms with Gasteiger partial charge < -0.3 is 16.4 Å². The molecule has 0 fully saturated rings. The molecule has 0 aliphatic heterocycles. The van der Waals surface area contributed by atoms with Crippen molar-refractivity contribution in [3.63, 3.8) is 0 Å². The lowest BCUT2D eigenvalue weighted by Gasteiger charge is -2.06. The Morgan fingerprint density at radius 1 is 1.19 bits per heavy atom. The first-order valence-electron chi connectivity index (χ1n) is 4.64. The van der Waals surface area contributed by atoms with Crippen molar-refractivity contribution in [2.75, 3.05) is 18.4 Å². The second-order valence-electron chi connectivity index (χ2n) is 3.04. The van der Waals surface area contributed by atoms with Crippen LogP contribution >= 0.6 is 15.9 Å². The molecule has 0 saturated heterocycles. The van der Waals surface area contributed by atoms with Gasteiger partial charge in [-0.2, -0.15) is 0 Å². The van der Waals surface area contributed by atoms with E-state index in [9.17, 15) is 9.59 Å². The summed E-state index contributed by atoms with van der Waals surface area (Å²) >= 11 is 3.29. The number of halogens is 1. The van der Waals surface area contributed by atoms with E-state index >= 15 is 0 Å². The van der Waals surface area contributed by atoms with E-state index in [-0.39, 0.29) is 24.9 Å². The van der Waals surface area contributed by atoms with Gasteiger partial charge in [0.05, 0.1) is 13.1 Å². The van der Waals surface area contributed by atoms with E-state index in [1.54, 1.807) is 12.1 Å². The van der Waals surface area contributed by atoms with Gasteiger partial charge in [0.2, 0.25) is 11.8 Å². The molecule has 5 nitrogen and oxygen atoms in total. The van der Waals surface area contributed by atoms with Gasteiger partial charge in [0.1, 0.15) is 0 Å². The summed E-state index contributed by atoms with van der Waals surface area (Å²) in [5.41, 5.74) is 5.75. The Balaban J connectivity index is 2.40. The van der Waals surface area contributed by atoms with Crippen molar-refractivity contribution in [1.82, 2.24) is 5.32 Å². The summed E-state index contributed by atoms with van der Waals surface area (Å²) in [7, 11) is 0. The predicted molar refractivity (Wildman–Crippen MR) is 64.8 cm³/mol. The molecule has 16 heavy (non-hydrogen) atoms. The van der Waals surface area contributed by atoms with Crippen molar-refractivity contribution in [2.45, 2.75) is 0 Å². The Morgan fingerprint density at radius 3 is 2.38 bits per heavy atom. The Kier molecular flexibility index (Phi) is 4.94. The molecule has 86 valence electrons. The first kappa shape index (κ1) is 12.7. The van der Waals surface area contributed by atoms with Gasteiger partial charge in [-0.15, -0.1) is 0 Å². The molecule has 1 aromatic rings. The molecule has 0 aromatic heterocycles. The van der Waals surface area contributed by atoms with Crippen LogP contribution in [0.15, 0.2) is 28.7 Å². The SMILES string of the molecule is NCC(=O)NCC(=O)Nc1ccc(Br)cc1. The van der Waals surface area contributed by atoms with Crippen LogP contribution in [0.25, 0.3) is 0 Å². The van der Waals surface area contributed by atoms with Crippen LogP contribution in [0.1, 0.15) is 0 Å². The van der Waals surface area contributed by atoms with E-state index in [0.717, 1.165) is 4.47 Å². The molecular weight excluding hydrogens is 274 g/mol. The lowest BCUT2D eigenvalue weighted by Crippen LogP contribution is -2.36. The van der Waals surface area contributed by atoms with Crippen LogP contribution in [-0.4, -0.2) is 24.9 Å². The maximum absolute atomic E-state index is 11.3. The van der Waals surface area contributed by atoms with E-state index in [1.165, 1.54) is 0 Å². The molecule has 6 heteroatoms. The molecule has 0 spiro atoms. The average molecular weight is 286 g/mol. The van der Waals surface area contributed by atoms with Crippen LogP contribution in [0.2, 0.25) is 0 Å². The van der Waals surface area contributed by atoms with Gasteiger partial charge in [0.15, 0.2) is 0 Å². The number of amides is 2. The maximum Gasteiger partial charge on any atom is 0.243 e. The summed E-state index contributed by atoms with van der Waals surface area (Å²) in [6, 6.07) is 7.14. The predicted octanol–water partition coefficient (Wildman–Crippen LogP) is 0.462. The van der Waals surface area contributed by atoms with Crippen molar-refractivity contribution in [2.24, 2.45) is 5.73 Å². The van der Waals surface area contributed by atoms with E-state index in [0.29, 0.717) is 5.69 Å². The highest BCUT2D eigenvalue weighted by Gasteiger charge is 2.03. The quantitative estimate of drug-likeness (QED) is 0.752. The van der Waals surface area contributed by atoms with Crippen molar-refractivity contribution in [1.29, 1.82) is 0 Å². The summed E-state index contributed by atoms with van der Waals surface area (Å²) in [5.74, 6) is -0.643. The standard InChI is InChI=1S/C10H12BrN3O2/c11-7-1-3-8(4-2-7)14-10(16)6-13-9(15)5-12/h1-4H,5-6,12H2,(H,13,15)(H,14,16). The summed E-state index contributed by atoms with van der Waals surface area (Å²) in [5, 5.41) is 5.01. The maximum atomic E-state index is 11.3. The molecule has 0 aliphatic rings. The molecule has 0 bridgehead atoms. The number of rotatable bonds is 4.